The molecule has 0 aliphatic rings. The van der Waals surface area contributed by atoms with E-state index in [1.165, 1.54) is 0 Å². The molecule has 0 bridgehead atoms. The van der Waals surface area contributed by atoms with E-state index < -0.39 is 5.97 Å². The van der Waals surface area contributed by atoms with Gasteiger partial charge in [-0.05, 0) is 0 Å². The number of esters is 1. The van der Waals surface area contributed by atoms with Gasteiger partial charge in [-0.1, -0.05) is 0 Å². The summed E-state index contributed by atoms with van der Waals surface area (Å²) in [6.07, 6.45) is 0. The van der Waals surface area contributed by atoms with Gasteiger partial charge in [-0.25, -0.2) is 5.43 Å². The van der Waals surface area contributed by atoms with Gasteiger partial charge in [0, 0.05) is 0 Å². The maximum absolute atomic E-state index is 10.4. The van der Waals surface area contributed by atoms with Crippen LogP contribution in [0.3, 0.4) is 0 Å². The maximum atomic E-state index is 10.4. The summed E-state index contributed by atoms with van der Waals surface area (Å²) in [5.41, 5.74) is 2.16. The van der Waals surface area contributed by atoms with E-state index in [0.29, 0.717) is 5.88 Å². The van der Waals surface area contributed by atoms with Crippen LogP contribution in [0.1, 0.15) is 0 Å². The number of ether oxygens (including phenoxy) is 1. The number of nitrogens with one attached hydrogen (secondary N) is 1. The summed E-state index contributed by atoms with van der Waals surface area (Å²) in [5.74, 6) is 4.74. The van der Waals surface area contributed by atoms with E-state index in [1.54, 1.807) is 0 Å². The summed E-state index contributed by atoms with van der Waals surface area (Å²) in [6.45, 7) is 0.263. The average molecular weight is 153 g/mol. The molecule has 3 N–H and O–H groups in total. The van der Waals surface area contributed by atoms with Crippen molar-refractivity contribution in [3.63, 3.8) is 0 Å². The predicted molar refractivity (Wildman–Crippen MR) is 33.9 cm³/mol. The Labute approximate surface area is 58.3 Å². The lowest BCUT2D eigenvalue weighted by molar-refractivity contribution is -0.141. The molecule has 0 aliphatic heterocycles. The minimum atomic E-state index is -0.391. The van der Waals surface area contributed by atoms with E-state index in [1.807, 2.05) is 0 Å². The van der Waals surface area contributed by atoms with Crippen molar-refractivity contribution in [2.24, 2.45) is 5.84 Å². The number of carbonyl (C=O) groups is 1. The molecular weight excluding hydrogens is 144 g/mol. The minimum absolute atomic E-state index is 0.0247. The molecule has 0 aromatic carbocycles. The topological polar surface area (TPSA) is 64.3 Å². The smallest absolute Gasteiger partial charge is 0.321 e. The molecule has 0 spiro atoms. The fraction of sp³-hybridized carbons (Fsp3) is 0.750. The second-order valence-electron chi connectivity index (χ2n) is 1.29. The summed E-state index contributed by atoms with van der Waals surface area (Å²) < 4.78 is 4.52. The van der Waals surface area contributed by atoms with Crippen LogP contribution in [0.25, 0.3) is 0 Å². The largest absolute Gasteiger partial charge is 0.463 e. The molecule has 0 atom stereocenters. The van der Waals surface area contributed by atoms with Crippen LogP contribution in [0.5, 0.6) is 0 Å². The van der Waals surface area contributed by atoms with Crippen LogP contribution < -0.4 is 11.3 Å². The molecule has 0 aromatic rings. The number of halogens is 1. The van der Waals surface area contributed by atoms with Crippen molar-refractivity contribution >= 4 is 17.6 Å². The Morgan fingerprint density at radius 3 is 2.89 bits per heavy atom. The Hall–Kier alpha value is -0.320. The van der Waals surface area contributed by atoms with E-state index >= 15 is 0 Å². The highest BCUT2D eigenvalue weighted by atomic mass is 35.5. The van der Waals surface area contributed by atoms with E-state index in [0.717, 1.165) is 0 Å². The first-order valence-electron chi connectivity index (χ1n) is 2.46. The summed E-state index contributed by atoms with van der Waals surface area (Å²) in [6, 6.07) is 0. The van der Waals surface area contributed by atoms with Gasteiger partial charge in [-0.2, -0.15) is 0 Å². The molecule has 0 radical (unpaired) electrons. The van der Waals surface area contributed by atoms with Crippen LogP contribution in [0.4, 0.5) is 0 Å². The van der Waals surface area contributed by atoms with Gasteiger partial charge in [-0.15, -0.1) is 11.6 Å². The highest BCUT2D eigenvalue weighted by Crippen LogP contribution is 1.78. The fourth-order valence-corrected chi connectivity index (χ4v) is 0.364. The standard InChI is InChI=1S/C4H9ClN2O2/c5-1-2-9-4(8)3-7-6/h7H,1-3,6H2. The maximum Gasteiger partial charge on any atom is 0.321 e. The Kier molecular flexibility index (Phi) is 5.60. The second kappa shape index (κ2) is 5.81. The van der Waals surface area contributed by atoms with Crippen molar-refractivity contribution in [2.75, 3.05) is 19.0 Å². The van der Waals surface area contributed by atoms with Gasteiger partial charge < -0.3 is 4.74 Å². The van der Waals surface area contributed by atoms with Gasteiger partial charge in [0.05, 0.1) is 5.88 Å². The van der Waals surface area contributed by atoms with Crippen molar-refractivity contribution in [1.82, 2.24) is 5.43 Å². The third-order valence-corrected chi connectivity index (χ3v) is 0.741. The summed E-state index contributed by atoms with van der Waals surface area (Å²) in [4.78, 5) is 10.4. The first kappa shape index (κ1) is 8.68. The molecule has 9 heavy (non-hydrogen) atoms. The first-order valence-corrected chi connectivity index (χ1v) is 2.99. The zero-order valence-electron chi connectivity index (χ0n) is 4.89. The average Bonchev–Trinajstić information content (AvgIpc) is 1.85. The Morgan fingerprint density at radius 1 is 1.78 bits per heavy atom. The van der Waals surface area contributed by atoms with E-state index in [2.05, 4.69) is 10.2 Å². The van der Waals surface area contributed by atoms with E-state index in [9.17, 15) is 4.79 Å². The minimum Gasteiger partial charge on any atom is -0.463 e. The van der Waals surface area contributed by atoms with Crippen molar-refractivity contribution in [3.05, 3.63) is 0 Å². The van der Waals surface area contributed by atoms with Crippen molar-refractivity contribution in [2.45, 2.75) is 0 Å². The number of alkyl halides is 1. The number of hydrogen-bond acceptors (Lipinski definition) is 4. The third kappa shape index (κ3) is 5.55. The van der Waals surface area contributed by atoms with Gasteiger partial charge in [0.15, 0.2) is 0 Å². The molecule has 5 heteroatoms. The normalized spacial score (nSPS) is 9.11. The molecule has 54 valence electrons. The third-order valence-electron chi connectivity index (χ3n) is 0.587. The van der Waals surface area contributed by atoms with Gasteiger partial charge in [-0.3, -0.25) is 10.6 Å². The molecule has 0 fully saturated rings. The number of hydrogen-bond donors (Lipinski definition) is 2. The summed E-state index contributed by atoms with van der Waals surface area (Å²) >= 11 is 5.22. The highest BCUT2D eigenvalue weighted by Gasteiger charge is 1.97. The quantitative estimate of drug-likeness (QED) is 0.240. The Morgan fingerprint density at radius 2 is 2.44 bits per heavy atom. The Balaban J connectivity index is 3.06. The SMILES string of the molecule is NNCC(=O)OCCCl. The lowest BCUT2D eigenvalue weighted by Gasteiger charge is -1.99. The number of carbonyl (C=O) groups excluding carboxylic acids is 1. The zero-order valence-corrected chi connectivity index (χ0v) is 5.65. The van der Waals surface area contributed by atoms with Crippen molar-refractivity contribution in [1.29, 1.82) is 0 Å². The van der Waals surface area contributed by atoms with Gasteiger partial charge >= 0.3 is 5.97 Å². The van der Waals surface area contributed by atoms with Crippen LogP contribution in [-0.2, 0) is 9.53 Å². The molecule has 0 heterocycles. The van der Waals surface area contributed by atoms with Gasteiger partial charge in [0.25, 0.3) is 0 Å². The molecule has 0 rings (SSSR count). The zero-order chi connectivity index (χ0) is 7.11. The van der Waals surface area contributed by atoms with Crippen LogP contribution in [0, 0.1) is 0 Å². The first-order chi connectivity index (χ1) is 4.31. The van der Waals surface area contributed by atoms with Crippen LogP contribution in [-0.4, -0.2) is 25.0 Å². The van der Waals surface area contributed by atoms with Crippen LogP contribution in [0.15, 0.2) is 0 Å². The lowest BCUT2D eigenvalue weighted by atomic mass is 10.7. The van der Waals surface area contributed by atoms with E-state index in [4.69, 9.17) is 17.4 Å². The molecule has 0 saturated carbocycles. The lowest BCUT2D eigenvalue weighted by Crippen LogP contribution is -2.30. The van der Waals surface area contributed by atoms with Crippen LogP contribution >= 0.6 is 11.6 Å². The number of nitrogens with two attached hydrogens (primary N) is 1. The van der Waals surface area contributed by atoms with Crippen LogP contribution in [0.2, 0.25) is 0 Å². The Bertz CT molecular complexity index is 88.6. The molecule has 0 aromatic heterocycles. The van der Waals surface area contributed by atoms with E-state index in [-0.39, 0.29) is 13.2 Å². The fourth-order valence-electron chi connectivity index (χ4n) is 0.287. The summed E-state index contributed by atoms with van der Waals surface area (Å²) in [7, 11) is 0. The molecule has 0 saturated heterocycles. The van der Waals surface area contributed by atoms with Crippen molar-refractivity contribution < 1.29 is 9.53 Å². The highest BCUT2D eigenvalue weighted by molar-refractivity contribution is 6.18. The van der Waals surface area contributed by atoms with Gasteiger partial charge in [0.2, 0.25) is 0 Å². The van der Waals surface area contributed by atoms with Crippen molar-refractivity contribution in [3.8, 4) is 0 Å². The number of hydrazine groups is 1. The molecule has 0 aliphatic carbocycles. The predicted octanol–water partition coefficient (Wildman–Crippen LogP) is -0.768. The number of rotatable bonds is 4. The summed E-state index contributed by atoms with van der Waals surface area (Å²) in [5, 5.41) is 0. The molecular formula is C4H9ClN2O2. The molecule has 0 unspecified atom stereocenters. The second-order valence-corrected chi connectivity index (χ2v) is 1.67. The molecule has 4 nitrogen and oxygen atoms in total. The monoisotopic (exact) mass is 152 g/mol. The van der Waals surface area contributed by atoms with Gasteiger partial charge in [0.1, 0.15) is 13.2 Å². The molecule has 0 amide bonds.